The Bertz CT molecular complexity index is 933. The first-order chi connectivity index (χ1) is 11.2. The summed E-state index contributed by atoms with van der Waals surface area (Å²) < 4.78 is 2.09. The van der Waals surface area contributed by atoms with Gasteiger partial charge in [0.1, 0.15) is 0 Å². The molecule has 1 heterocycles. The van der Waals surface area contributed by atoms with Gasteiger partial charge in [0.25, 0.3) is 0 Å². The van der Waals surface area contributed by atoms with Gasteiger partial charge in [-0.05, 0) is 24.3 Å². The van der Waals surface area contributed by atoms with E-state index in [2.05, 4.69) is 22.8 Å². The minimum absolute atomic E-state index is 0.172. The van der Waals surface area contributed by atoms with Crippen LogP contribution in [0.25, 0.3) is 22.7 Å². The monoisotopic (exact) mass is 302 g/mol. The summed E-state index contributed by atoms with van der Waals surface area (Å²) >= 11 is 0. The van der Waals surface area contributed by atoms with Crippen LogP contribution in [0.4, 0.5) is 0 Å². The van der Waals surface area contributed by atoms with Gasteiger partial charge in [-0.3, -0.25) is 4.79 Å². The average molecular weight is 302 g/mol. The number of Topliss-reactive ketones (excluding diaryl/α,β-unsaturated/α-hetero) is 1. The van der Waals surface area contributed by atoms with Gasteiger partial charge >= 0.3 is 0 Å². The lowest BCUT2D eigenvalue weighted by Gasteiger charge is -2.21. The van der Waals surface area contributed by atoms with Crippen molar-refractivity contribution < 1.29 is 4.79 Å². The number of ketones is 1. The molecule has 0 unspecified atom stereocenters. The number of hydrogen-bond donors (Lipinski definition) is 0. The van der Waals surface area contributed by atoms with Crippen molar-refractivity contribution in [2.75, 3.05) is 14.1 Å². The van der Waals surface area contributed by atoms with E-state index in [1.165, 1.54) is 0 Å². The fourth-order valence-corrected chi connectivity index (χ4v) is 3.28. The number of para-hydroxylation sites is 2. The van der Waals surface area contributed by atoms with E-state index in [4.69, 9.17) is 0 Å². The number of carbonyl (C=O) groups is 1. The summed E-state index contributed by atoms with van der Waals surface area (Å²) in [6.07, 6.45) is 2.60. The molecule has 2 aromatic carbocycles. The first-order valence-corrected chi connectivity index (χ1v) is 7.77. The minimum atomic E-state index is 0.172. The SMILES string of the molecule is CN(C)C1=Cc2c(n(-c3ccccc3)c3ccccc23)C(=O)C1. The Balaban J connectivity index is 2.10. The fourth-order valence-electron chi connectivity index (χ4n) is 3.28. The molecule has 3 heteroatoms. The Morgan fingerprint density at radius 1 is 0.957 bits per heavy atom. The van der Waals surface area contributed by atoms with Crippen molar-refractivity contribution in [3.63, 3.8) is 0 Å². The van der Waals surface area contributed by atoms with Crippen LogP contribution in [-0.2, 0) is 0 Å². The Morgan fingerprint density at radius 3 is 2.39 bits per heavy atom. The van der Waals surface area contributed by atoms with Gasteiger partial charge in [0.15, 0.2) is 5.78 Å². The van der Waals surface area contributed by atoms with Crippen molar-refractivity contribution in [1.29, 1.82) is 0 Å². The zero-order valence-corrected chi connectivity index (χ0v) is 13.3. The van der Waals surface area contributed by atoms with Crippen LogP contribution in [0.1, 0.15) is 22.5 Å². The third kappa shape index (κ3) is 2.08. The summed E-state index contributed by atoms with van der Waals surface area (Å²) in [7, 11) is 3.97. The molecule has 0 radical (unpaired) electrons. The summed E-state index contributed by atoms with van der Waals surface area (Å²) in [5.41, 5.74) is 4.99. The first-order valence-electron chi connectivity index (χ1n) is 7.77. The summed E-state index contributed by atoms with van der Waals surface area (Å²) in [6.45, 7) is 0. The van der Waals surface area contributed by atoms with E-state index in [0.29, 0.717) is 6.42 Å². The van der Waals surface area contributed by atoms with Crippen LogP contribution in [0.15, 0.2) is 60.3 Å². The standard InChI is InChI=1S/C20H18N2O/c1-21(2)15-12-17-16-10-6-7-11-18(16)22(20(17)19(23)13-15)14-8-4-3-5-9-14/h3-12H,13H2,1-2H3. The molecule has 0 aliphatic heterocycles. The third-order valence-corrected chi connectivity index (χ3v) is 4.42. The topological polar surface area (TPSA) is 25.2 Å². The fraction of sp³-hybridized carbons (Fsp3) is 0.150. The largest absolute Gasteiger partial charge is 0.381 e. The third-order valence-electron chi connectivity index (χ3n) is 4.42. The Kier molecular flexibility index (Phi) is 3.08. The molecule has 0 saturated carbocycles. The smallest absolute Gasteiger partial charge is 0.186 e. The summed E-state index contributed by atoms with van der Waals surface area (Å²) in [5.74, 6) is 0.172. The number of hydrogen-bond acceptors (Lipinski definition) is 2. The van der Waals surface area contributed by atoms with Crippen molar-refractivity contribution in [2.45, 2.75) is 6.42 Å². The van der Waals surface area contributed by atoms with E-state index in [0.717, 1.165) is 33.5 Å². The van der Waals surface area contributed by atoms with Crippen molar-refractivity contribution in [3.8, 4) is 5.69 Å². The molecule has 0 fully saturated rings. The molecule has 1 aromatic heterocycles. The van der Waals surface area contributed by atoms with Gasteiger partial charge in [0.2, 0.25) is 0 Å². The molecule has 0 saturated heterocycles. The molecule has 0 spiro atoms. The Labute approximate surface area is 135 Å². The van der Waals surface area contributed by atoms with Crippen LogP contribution in [0.3, 0.4) is 0 Å². The first kappa shape index (κ1) is 13.8. The summed E-state index contributed by atoms with van der Waals surface area (Å²) in [5, 5.41) is 1.12. The highest BCUT2D eigenvalue weighted by atomic mass is 16.1. The van der Waals surface area contributed by atoms with Crippen LogP contribution in [0, 0.1) is 0 Å². The number of fused-ring (bicyclic) bond motifs is 3. The van der Waals surface area contributed by atoms with Crippen LogP contribution in [0.5, 0.6) is 0 Å². The number of allylic oxidation sites excluding steroid dienone is 1. The predicted molar refractivity (Wildman–Crippen MR) is 93.9 cm³/mol. The van der Waals surface area contributed by atoms with Crippen LogP contribution in [-0.4, -0.2) is 29.3 Å². The van der Waals surface area contributed by atoms with E-state index in [1.807, 2.05) is 61.5 Å². The number of benzene rings is 2. The summed E-state index contributed by atoms with van der Waals surface area (Å²) in [6, 6.07) is 18.3. The molecular weight excluding hydrogens is 284 g/mol. The molecule has 1 aliphatic rings. The summed E-state index contributed by atoms with van der Waals surface area (Å²) in [4.78, 5) is 14.9. The van der Waals surface area contributed by atoms with Gasteiger partial charge in [0.05, 0.1) is 17.6 Å². The van der Waals surface area contributed by atoms with Crippen molar-refractivity contribution in [3.05, 3.63) is 71.6 Å². The van der Waals surface area contributed by atoms with E-state index >= 15 is 0 Å². The van der Waals surface area contributed by atoms with Crippen LogP contribution < -0.4 is 0 Å². The molecule has 0 amide bonds. The van der Waals surface area contributed by atoms with Gasteiger partial charge in [-0.15, -0.1) is 0 Å². The maximum Gasteiger partial charge on any atom is 0.186 e. The maximum atomic E-state index is 12.9. The van der Waals surface area contributed by atoms with Crippen molar-refractivity contribution >= 4 is 22.8 Å². The number of rotatable bonds is 2. The lowest BCUT2D eigenvalue weighted by molar-refractivity contribution is 0.0978. The van der Waals surface area contributed by atoms with E-state index in [-0.39, 0.29) is 5.78 Å². The number of aromatic nitrogens is 1. The van der Waals surface area contributed by atoms with Crippen LogP contribution >= 0.6 is 0 Å². The molecule has 4 rings (SSSR count). The van der Waals surface area contributed by atoms with Crippen molar-refractivity contribution in [1.82, 2.24) is 9.47 Å². The van der Waals surface area contributed by atoms with Gasteiger partial charge < -0.3 is 9.47 Å². The lowest BCUT2D eigenvalue weighted by atomic mass is 9.98. The van der Waals surface area contributed by atoms with Gasteiger partial charge in [-0.25, -0.2) is 0 Å². The van der Waals surface area contributed by atoms with Crippen molar-refractivity contribution in [2.24, 2.45) is 0 Å². The average Bonchev–Trinajstić information content (AvgIpc) is 2.91. The highest BCUT2D eigenvalue weighted by molar-refractivity contribution is 6.10. The number of nitrogens with zero attached hydrogens (tertiary/aromatic N) is 2. The van der Waals surface area contributed by atoms with E-state index < -0.39 is 0 Å². The van der Waals surface area contributed by atoms with E-state index in [9.17, 15) is 4.79 Å². The van der Waals surface area contributed by atoms with Gasteiger partial charge in [-0.1, -0.05) is 36.4 Å². The quantitative estimate of drug-likeness (QED) is 0.711. The molecule has 23 heavy (non-hydrogen) atoms. The number of carbonyl (C=O) groups excluding carboxylic acids is 1. The molecule has 3 nitrogen and oxygen atoms in total. The van der Waals surface area contributed by atoms with Gasteiger partial charge in [-0.2, -0.15) is 0 Å². The normalized spacial score (nSPS) is 13.8. The predicted octanol–water partition coefficient (Wildman–Crippen LogP) is 4.12. The maximum absolute atomic E-state index is 12.9. The molecule has 1 aliphatic carbocycles. The zero-order valence-electron chi connectivity index (χ0n) is 13.3. The molecule has 0 N–H and O–H groups in total. The molecular formula is C20H18N2O. The highest BCUT2D eigenvalue weighted by Crippen LogP contribution is 2.35. The molecule has 0 atom stereocenters. The van der Waals surface area contributed by atoms with Gasteiger partial charge in [0, 0.05) is 36.4 Å². The van der Waals surface area contributed by atoms with E-state index in [1.54, 1.807) is 0 Å². The Hall–Kier alpha value is -2.81. The van der Waals surface area contributed by atoms with Crippen LogP contribution in [0.2, 0.25) is 0 Å². The second kappa shape index (κ2) is 5.13. The molecule has 3 aromatic rings. The second-order valence-electron chi connectivity index (χ2n) is 6.08. The zero-order chi connectivity index (χ0) is 16.0. The molecule has 114 valence electrons. The highest BCUT2D eigenvalue weighted by Gasteiger charge is 2.27. The second-order valence-corrected chi connectivity index (χ2v) is 6.08. The lowest BCUT2D eigenvalue weighted by Crippen LogP contribution is -2.20. The Morgan fingerprint density at radius 2 is 1.65 bits per heavy atom. The minimum Gasteiger partial charge on any atom is -0.381 e. The molecule has 0 bridgehead atoms.